The van der Waals surface area contributed by atoms with Gasteiger partial charge in [-0.1, -0.05) is 0 Å². The molecule has 3 aromatic rings. The molecule has 8 nitrogen and oxygen atoms in total. The predicted molar refractivity (Wildman–Crippen MR) is 115 cm³/mol. The minimum atomic E-state index is 0.0790. The van der Waals surface area contributed by atoms with E-state index in [0.29, 0.717) is 12.5 Å². The van der Waals surface area contributed by atoms with E-state index in [1.807, 2.05) is 20.0 Å². The maximum atomic E-state index is 5.90. The van der Waals surface area contributed by atoms with Crippen LogP contribution in [0.3, 0.4) is 0 Å². The molecule has 30 heavy (non-hydrogen) atoms. The van der Waals surface area contributed by atoms with Crippen molar-refractivity contribution in [1.82, 2.24) is 24.6 Å². The average molecular weight is 409 g/mol. The minimum Gasteiger partial charge on any atom is -0.474 e. The Bertz CT molecular complexity index is 1030. The third-order valence-electron chi connectivity index (χ3n) is 5.78. The summed E-state index contributed by atoms with van der Waals surface area (Å²) in [7, 11) is 0. The van der Waals surface area contributed by atoms with Crippen molar-refractivity contribution < 1.29 is 9.47 Å². The first-order chi connectivity index (χ1) is 14.7. The van der Waals surface area contributed by atoms with Crippen LogP contribution in [0.15, 0.2) is 30.7 Å². The Labute approximate surface area is 176 Å². The Hall–Kier alpha value is -2.71. The highest BCUT2D eigenvalue weighted by Gasteiger charge is 2.22. The highest BCUT2D eigenvalue weighted by molar-refractivity contribution is 5.86. The summed E-state index contributed by atoms with van der Waals surface area (Å²) in [6.45, 7) is 11.3. The Morgan fingerprint density at radius 3 is 2.80 bits per heavy atom. The summed E-state index contributed by atoms with van der Waals surface area (Å²) in [5.74, 6) is 0.656. The molecule has 0 atom stereocenters. The molecule has 2 aliphatic heterocycles. The van der Waals surface area contributed by atoms with Gasteiger partial charge in [-0.2, -0.15) is 5.10 Å². The number of anilines is 1. The van der Waals surface area contributed by atoms with Gasteiger partial charge >= 0.3 is 0 Å². The normalized spacial score (nSPS) is 17.5. The summed E-state index contributed by atoms with van der Waals surface area (Å²) in [6.07, 6.45) is 3.66. The topological polar surface area (TPSA) is 68.5 Å². The van der Waals surface area contributed by atoms with Gasteiger partial charge in [0, 0.05) is 44.0 Å². The molecule has 1 aromatic carbocycles. The molecule has 4 heterocycles. The predicted octanol–water partition coefficient (Wildman–Crippen LogP) is 2.47. The molecule has 2 aliphatic rings. The second-order valence-electron chi connectivity index (χ2n) is 8.20. The van der Waals surface area contributed by atoms with Gasteiger partial charge in [0.05, 0.1) is 48.7 Å². The van der Waals surface area contributed by atoms with E-state index in [1.54, 1.807) is 6.33 Å². The fraction of sp³-hybridized carbons (Fsp3) is 0.500. The van der Waals surface area contributed by atoms with Gasteiger partial charge in [-0.25, -0.2) is 9.97 Å². The zero-order chi connectivity index (χ0) is 20.5. The van der Waals surface area contributed by atoms with Gasteiger partial charge in [-0.05, 0) is 32.0 Å². The van der Waals surface area contributed by atoms with Crippen molar-refractivity contribution in [2.45, 2.75) is 39.6 Å². The van der Waals surface area contributed by atoms with Gasteiger partial charge in [0.2, 0.25) is 5.88 Å². The number of nitrogens with zero attached hydrogens (tertiary/aromatic N) is 6. The second kappa shape index (κ2) is 8.20. The summed E-state index contributed by atoms with van der Waals surface area (Å²) in [6, 6.07) is 6.37. The van der Waals surface area contributed by atoms with Crippen LogP contribution in [0.4, 0.5) is 5.69 Å². The van der Waals surface area contributed by atoms with Crippen LogP contribution in [0.5, 0.6) is 5.88 Å². The van der Waals surface area contributed by atoms with Crippen LogP contribution in [0.2, 0.25) is 0 Å². The van der Waals surface area contributed by atoms with E-state index >= 15 is 0 Å². The number of hydrogen-bond acceptors (Lipinski definition) is 7. The molecule has 0 amide bonds. The first-order valence-electron chi connectivity index (χ1n) is 10.7. The number of fused-ring (bicyclic) bond motifs is 2. The molecule has 5 rings (SSSR count). The molecule has 0 aliphatic carbocycles. The zero-order valence-electron chi connectivity index (χ0n) is 17.6. The Kier molecular flexibility index (Phi) is 5.26. The summed E-state index contributed by atoms with van der Waals surface area (Å²) in [4.78, 5) is 13.7. The molecule has 0 spiro atoms. The van der Waals surface area contributed by atoms with E-state index in [2.05, 4.69) is 47.7 Å². The molecule has 0 saturated carbocycles. The van der Waals surface area contributed by atoms with Crippen LogP contribution in [-0.4, -0.2) is 63.5 Å². The SMILES string of the molecule is CC(C)Oc1ncnc2ccc(N3CCN(Cc4cnn5c4COCC5)CC3)cc12. The Morgan fingerprint density at radius 1 is 1.10 bits per heavy atom. The monoisotopic (exact) mass is 408 g/mol. The van der Waals surface area contributed by atoms with Crippen molar-refractivity contribution in [2.75, 3.05) is 37.7 Å². The number of benzene rings is 1. The first kappa shape index (κ1) is 19.3. The van der Waals surface area contributed by atoms with E-state index < -0.39 is 0 Å². The van der Waals surface area contributed by atoms with Gasteiger partial charge in [-0.15, -0.1) is 0 Å². The highest BCUT2D eigenvalue weighted by Crippen LogP contribution is 2.28. The van der Waals surface area contributed by atoms with E-state index in [9.17, 15) is 0 Å². The molecule has 1 saturated heterocycles. The Balaban J connectivity index is 1.27. The van der Waals surface area contributed by atoms with Gasteiger partial charge in [0.1, 0.15) is 6.33 Å². The van der Waals surface area contributed by atoms with E-state index in [1.165, 1.54) is 16.9 Å². The molecule has 0 N–H and O–H groups in total. The summed E-state index contributed by atoms with van der Waals surface area (Å²) in [5.41, 5.74) is 4.63. The van der Waals surface area contributed by atoms with Crippen molar-refractivity contribution in [3.8, 4) is 5.88 Å². The lowest BCUT2D eigenvalue weighted by Gasteiger charge is -2.36. The Morgan fingerprint density at radius 2 is 1.97 bits per heavy atom. The van der Waals surface area contributed by atoms with Crippen LogP contribution in [-0.2, 0) is 24.4 Å². The summed E-state index contributed by atoms with van der Waals surface area (Å²) < 4.78 is 13.6. The molecule has 1 fully saturated rings. The molecular weight excluding hydrogens is 380 g/mol. The van der Waals surface area contributed by atoms with Gasteiger partial charge in [0.15, 0.2) is 0 Å². The van der Waals surface area contributed by atoms with Crippen molar-refractivity contribution in [3.63, 3.8) is 0 Å². The molecule has 8 heteroatoms. The quantitative estimate of drug-likeness (QED) is 0.642. The van der Waals surface area contributed by atoms with Crippen LogP contribution in [0.25, 0.3) is 10.9 Å². The van der Waals surface area contributed by atoms with E-state index in [4.69, 9.17) is 9.47 Å². The fourth-order valence-electron chi connectivity index (χ4n) is 4.20. The number of piperazine rings is 1. The lowest BCUT2D eigenvalue weighted by molar-refractivity contribution is 0.0786. The fourth-order valence-corrected chi connectivity index (χ4v) is 4.20. The molecular formula is C22H28N6O2. The van der Waals surface area contributed by atoms with Crippen molar-refractivity contribution in [2.24, 2.45) is 0 Å². The maximum absolute atomic E-state index is 5.90. The lowest BCUT2D eigenvalue weighted by Crippen LogP contribution is -2.46. The van der Waals surface area contributed by atoms with E-state index in [0.717, 1.165) is 56.8 Å². The summed E-state index contributed by atoms with van der Waals surface area (Å²) in [5, 5.41) is 5.49. The van der Waals surface area contributed by atoms with Crippen LogP contribution >= 0.6 is 0 Å². The maximum Gasteiger partial charge on any atom is 0.224 e. The molecule has 2 aromatic heterocycles. The molecule has 158 valence electrons. The number of hydrogen-bond donors (Lipinski definition) is 0. The summed E-state index contributed by atoms with van der Waals surface area (Å²) >= 11 is 0. The molecule has 0 unspecified atom stereocenters. The van der Waals surface area contributed by atoms with E-state index in [-0.39, 0.29) is 6.10 Å². The molecule has 0 bridgehead atoms. The van der Waals surface area contributed by atoms with Crippen LogP contribution in [0.1, 0.15) is 25.1 Å². The first-order valence-corrected chi connectivity index (χ1v) is 10.7. The number of rotatable bonds is 5. The third kappa shape index (κ3) is 3.85. The second-order valence-corrected chi connectivity index (χ2v) is 8.20. The van der Waals surface area contributed by atoms with Crippen LogP contribution in [0, 0.1) is 0 Å². The third-order valence-corrected chi connectivity index (χ3v) is 5.78. The van der Waals surface area contributed by atoms with Gasteiger partial charge < -0.3 is 14.4 Å². The standard InChI is InChI=1S/C22H28N6O2/c1-16(2)30-22-19-11-18(3-4-20(19)23-15-24-22)27-7-5-26(6-8-27)13-17-12-25-28-9-10-29-14-21(17)28/h3-4,11-12,15-16H,5-10,13-14H2,1-2H3. The minimum absolute atomic E-state index is 0.0790. The number of ether oxygens (including phenoxy) is 2. The average Bonchev–Trinajstić information content (AvgIpc) is 3.17. The van der Waals surface area contributed by atoms with Crippen LogP contribution < -0.4 is 9.64 Å². The van der Waals surface area contributed by atoms with Crippen molar-refractivity contribution in [1.29, 1.82) is 0 Å². The van der Waals surface area contributed by atoms with Gasteiger partial charge in [-0.3, -0.25) is 9.58 Å². The van der Waals surface area contributed by atoms with Crippen molar-refractivity contribution in [3.05, 3.63) is 42.0 Å². The van der Waals surface area contributed by atoms with Gasteiger partial charge in [0.25, 0.3) is 0 Å². The lowest BCUT2D eigenvalue weighted by atomic mass is 10.1. The smallest absolute Gasteiger partial charge is 0.224 e. The largest absolute Gasteiger partial charge is 0.474 e. The highest BCUT2D eigenvalue weighted by atomic mass is 16.5. The number of aromatic nitrogens is 4. The van der Waals surface area contributed by atoms with Crippen molar-refractivity contribution >= 4 is 16.6 Å². The zero-order valence-corrected chi connectivity index (χ0v) is 17.6. The molecule has 0 radical (unpaired) electrons.